The van der Waals surface area contributed by atoms with E-state index in [1.54, 1.807) is 4.90 Å². The molecule has 0 unspecified atom stereocenters. The van der Waals surface area contributed by atoms with Crippen LogP contribution in [0, 0.1) is 17.3 Å². The van der Waals surface area contributed by atoms with Crippen LogP contribution in [0.4, 0.5) is 4.79 Å². The fraction of sp³-hybridized carbons (Fsp3) is 0.778. The van der Waals surface area contributed by atoms with Crippen molar-refractivity contribution in [3.8, 4) is 0 Å². The zero-order valence-corrected chi connectivity index (χ0v) is 15.0. The number of hydrogen-bond donors (Lipinski definition) is 1. The van der Waals surface area contributed by atoms with Gasteiger partial charge in [0.15, 0.2) is 0 Å². The van der Waals surface area contributed by atoms with E-state index in [0.29, 0.717) is 38.0 Å². The number of nitrogens with zero attached hydrogens (tertiary/aromatic N) is 2. The van der Waals surface area contributed by atoms with Gasteiger partial charge < -0.3 is 15.5 Å². The van der Waals surface area contributed by atoms with Gasteiger partial charge in [-0.05, 0) is 30.6 Å². The van der Waals surface area contributed by atoms with E-state index in [4.69, 9.17) is 5.73 Å². The first kappa shape index (κ1) is 17.8. The second-order valence-corrected chi connectivity index (χ2v) is 7.87. The van der Waals surface area contributed by atoms with Gasteiger partial charge in [0.2, 0.25) is 5.91 Å². The van der Waals surface area contributed by atoms with Crippen molar-refractivity contribution in [2.75, 3.05) is 26.2 Å². The molecule has 2 aliphatic rings. The van der Waals surface area contributed by atoms with Crippen molar-refractivity contribution in [3.63, 3.8) is 0 Å². The minimum absolute atomic E-state index is 0.0696. The molecule has 2 atom stereocenters. The molecule has 1 aliphatic carbocycles. The van der Waals surface area contributed by atoms with Crippen LogP contribution in [0.1, 0.15) is 47.0 Å². The van der Waals surface area contributed by atoms with Crippen molar-refractivity contribution in [1.82, 2.24) is 9.80 Å². The lowest BCUT2D eigenvalue weighted by molar-refractivity contribution is -0.127. The van der Waals surface area contributed by atoms with Gasteiger partial charge in [0.1, 0.15) is 0 Å². The van der Waals surface area contributed by atoms with Gasteiger partial charge in [-0.1, -0.05) is 39.2 Å². The Morgan fingerprint density at radius 1 is 1.13 bits per heavy atom. The van der Waals surface area contributed by atoms with Crippen LogP contribution in [0.3, 0.4) is 0 Å². The van der Waals surface area contributed by atoms with Crippen molar-refractivity contribution in [2.45, 2.75) is 47.0 Å². The molecule has 0 aromatic rings. The van der Waals surface area contributed by atoms with Gasteiger partial charge in [-0.2, -0.15) is 0 Å². The van der Waals surface area contributed by atoms with Gasteiger partial charge in [0, 0.05) is 32.3 Å². The predicted octanol–water partition coefficient (Wildman–Crippen LogP) is 2.62. The molecule has 0 radical (unpaired) electrons. The summed E-state index contributed by atoms with van der Waals surface area (Å²) in [4.78, 5) is 27.1. The van der Waals surface area contributed by atoms with E-state index in [1.165, 1.54) is 24.8 Å². The van der Waals surface area contributed by atoms with Gasteiger partial charge in [-0.15, -0.1) is 0 Å². The smallest absolute Gasteiger partial charge is 0.314 e. The van der Waals surface area contributed by atoms with E-state index in [2.05, 4.69) is 27.7 Å². The Balaban J connectivity index is 2.03. The Labute approximate surface area is 139 Å². The molecule has 0 spiro atoms. The summed E-state index contributed by atoms with van der Waals surface area (Å²) in [6, 6.07) is -0.401. The lowest BCUT2D eigenvalue weighted by Gasteiger charge is -2.44. The second-order valence-electron chi connectivity index (χ2n) is 7.87. The molecule has 2 rings (SSSR count). The zero-order valence-electron chi connectivity index (χ0n) is 15.0. The molecule has 1 heterocycles. The summed E-state index contributed by atoms with van der Waals surface area (Å²) in [5, 5.41) is 0. The topological polar surface area (TPSA) is 66.6 Å². The Hall–Kier alpha value is -1.52. The maximum atomic E-state index is 12.6. The number of piperazine rings is 1. The number of carbonyl (C=O) groups excluding carboxylic acids is 2. The lowest BCUT2D eigenvalue weighted by atomic mass is 9.61. The fourth-order valence-electron chi connectivity index (χ4n) is 4.56. The average molecular weight is 321 g/mol. The molecule has 23 heavy (non-hydrogen) atoms. The Bertz CT molecular complexity index is 490. The number of hydrogen-bond acceptors (Lipinski definition) is 2. The molecule has 3 amide bonds. The highest BCUT2D eigenvalue weighted by molar-refractivity contribution is 5.88. The first-order chi connectivity index (χ1) is 10.7. The summed E-state index contributed by atoms with van der Waals surface area (Å²) in [6.07, 6.45) is 5.57. The Morgan fingerprint density at radius 3 is 2.22 bits per heavy atom. The van der Waals surface area contributed by atoms with E-state index < -0.39 is 6.03 Å². The van der Waals surface area contributed by atoms with Crippen LogP contribution in [0.15, 0.2) is 11.6 Å². The van der Waals surface area contributed by atoms with Crippen molar-refractivity contribution in [1.29, 1.82) is 0 Å². The number of nitrogens with two attached hydrogens (primary N) is 1. The van der Waals surface area contributed by atoms with Crippen molar-refractivity contribution >= 4 is 11.9 Å². The monoisotopic (exact) mass is 321 g/mol. The maximum Gasteiger partial charge on any atom is 0.314 e. The number of urea groups is 1. The summed E-state index contributed by atoms with van der Waals surface area (Å²) in [5.41, 5.74) is 6.74. The van der Waals surface area contributed by atoms with Crippen molar-refractivity contribution < 1.29 is 9.59 Å². The van der Waals surface area contributed by atoms with Crippen LogP contribution in [-0.2, 0) is 4.79 Å². The number of amides is 3. The van der Waals surface area contributed by atoms with Gasteiger partial charge in [0.05, 0.1) is 0 Å². The zero-order chi connectivity index (χ0) is 17.2. The molecule has 5 nitrogen and oxygen atoms in total. The molecule has 130 valence electrons. The Morgan fingerprint density at radius 2 is 1.70 bits per heavy atom. The average Bonchev–Trinajstić information content (AvgIpc) is 2.46. The number of allylic oxidation sites excluding steroid dienone is 1. The number of rotatable bonds is 2. The first-order valence-electron chi connectivity index (χ1n) is 8.74. The minimum atomic E-state index is -0.401. The Kier molecular flexibility index (Phi) is 5.37. The van der Waals surface area contributed by atoms with E-state index in [0.717, 1.165) is 0 Å². The third kappa shape index (κ3) is 4.06. The molecule has 0 aromatic carbocycles. The van der Waals surface area contributed by atoms with Crippen LogP contribution >= 0.6 is 0 Å². The van der Waals surface area contributed by atoms with Gasteiger partial charge in [0.25, 0.3) is 0 Å². The van der Waals surface area contributed by atoms with Gasteiger partial charge in [-0.3, -0.25) is 4.79 Å². The summed E-state index contributed by atoms with van der Waals surface area (Å²) < 4.78 is 0. The third-order valence-corrected chi connectivity index (χ3v) is 5.64. The van der Waals surface area contributed by atoms with E-state index in [-0.39, 0.29) is 11.3 Å². The highest BCUT2D eigenvalue weighted by Gasteiger charge is 2.38. The summed E-state index contributed by atoms with van der Waals surface area (Å²) in [7, 11) is 0. The summed E-state index contributed by atoms with van der Waals surface area (Å²) >= 11 is 0. The van der Waals surface area contributed by atoms with Crippen LogP contribution in [-0.4, -0.2) is 47.9 Å². The van der Waals surface area contributed by atoms with E-state index in [9.17, 15) is 9.59 Å². The van der Waals surface area contributed by atoms with Crippen LogP contribution in [0.5, 0.6) is 0 Å². The SMILES string of the molecule is C/C(=C\C(=O)N1CCN(C(N)=O)CC1)[C@H]1[C@@H](C)CCCC1(C)C. The standard InChI is InChI=1S/C18H31N3O2/c1-13-6-5-7-18(3,4)16(13)14(2)12-15(22)20-8-10-21(11-9-20)17(19)23/h12-13,16H,5-11H2,1-4H3,(H2,19,23)/b14-12+/t13-,16+/m0/s1. The normalized spacial score (nSPS) is 28.6. The van der Waals surface area contributed by atoms with Crippen LogP contribution < -0.4 is 5.73 Å². The summed E-state index contributed by atoms with van der Waals surface area (Å²) in [6.45, 7) is 11.2. The van der Waals surface area contributed by atoms with Crippen molar-refractivity contribution in [3.05, 3.63) is 11.6 Å². The third-order valence-electron chi connectivity index (χ3n) is 5.64. The molecule has 1 aliphatic heterocycles. The maximum absolute atomic E-state index is 12.6. The lowest BCUT2D eigenvalue weighted by Crippen LogP contribution is -2.51. The molecule has 1 saturated carbocycles. The van der Waals surface area contributed by atoms with Crippen LogP contribution in [0.2, 0.25) is 0 Å². The number of carbonyl (C=O) groups is 2. The predicted molar refractivity (Wildman–Crippen MR) is 91.8 cm³/mol. The molecule has 0 aromatic heterocycles. The first-order valence-corrected chi connectivity index (χ1v) is 8.74. The minimum Gasteiger partial charge on any atom is -0.351 e. The molecule has 0 bridgehead atoms. The van der Waals surface area contributed by atoms with Gasteiger partial charge in [-0.25, -0.2) is 4.79 Å². The van der Waals surface area contributed by atoms with Crippen molar-refractivity contribution in [2.24, 2.45) is 23.0 Å². The molecular weight excluding hydrogens is 290 g/mol. The molecule has 2 N–H and O–H groups in total. The molecule has 5 heteroatoms. The second kappa shape index (κ2) is 6.93. The van der Waals surface area contributed by atoms with E-state index in [1.807, 2.05) is 11.0 Å². The quantitative estimate of drug-likeness (QED) is 0.795. The van der Waals surface area contributed by atoms with Crippen LogP contribution in [0.25, 0.3) is 0 Å². The van der Waals surface area contributed by atoms with E-state index >= 15 is 0 Å². The molecular formula is C18H31N3O2. The fourth-order valence-corrected chi connectivity index (χ4v) is 4.56. The summed E-state index contributed by atoms with van der Waals surface area (Å²) in [5.74, 6) is 1.15. The largest absolute Gasteiger partial charge is 0.351 e. The molecule has 1 saturated heterocycles. The number of primary amides is 1. The highest BCUT2D eigenvalue weighted by Crippen LogP contribution is 2.47. The highest BCUT2D eigenvalue weighted by atomic mass is 16.2. The van der Waals surface area contributed by atoms with Gasteiger partial charge >= 0.3 is 6.03 Å². The molecule has 2 fully saturated rings.